The van der Waals surface area contributed by atoms with Crippen LogP contribution in [0.2, 0.25) is 0 Å². The fraction of sp³-hybridized carbons (Fsp3) is 0.333. The summed E-state index contributed by atoms with van der Waals surface area (Å²) in [4.78, 5) is 51.5. The summed E-state index contributed by atoms with van der Waals surface area (Å²) >= 11 is 8.49. The number of ether oxygens (including phenoxy) is 2. The van der Waals surface area contributed by atoms with Gasteiger partial charge in [-0.2, -0.15) is 25.3 Å². The highest BCUT2D eigenvalue weighted by Crippen LogP contribution is 2.35. The van der Waals surface area contributed by atoms with E-state index in [9.17, 15) is 19.2 Å². The number of methoxy groups -OCH3 is 2. The minimum Gasteiger partial charge on any atom is -0.467 e. The minimum absolute atomic E-state index is 0.0934. The number of rotatable bonds is 20. The summed E-state index contributed by atoms with van der Waals surface area (Å²) < 4.78 is 9.85. The summed E-state index contributed by atoms with van der Waals surface area (Å²) in [5.41, 5.74) is 18.1. The van der Waals surface area contributed by atoms with Gasteiger partial charge in [-0.25, -0.2) is 9.59 Å². The quantitative estimate of drug-likeness (QED) is 0.0271. The summed E-state index contributed by atoms with van der Waals surface area (Å²) in [5.74, 6) is 0.00736. The predicted octanol–water partition coefficient (Wildman–Crippen LogP) is 8.99. The third-order valence-electron chi connectivity index (χ3n) is 11.3. The summed E-state index contributed by atoms with van der Waals surface area (Å²) in [6.07, 6.45) is 0.979. The highest BCUT2D eigenvalue weighted by molar-refractivity contribution is 7.80. The van der Waals surface area contributed by atoms with Crippen molar-refractivity contribution in [3.63, 3.8) is 0 Å². The lowest BCUT2D eigenvalue weighted by atomic mass is 9.93. The largest absolute Gasteiger partial charge is 0.467 e. The molecule has 68 heavy (non-hydrogen) atoms. The maximum atomic E-state index is 13.4. The average molecular weight is 959 g/mol. The van der Waals surface area contributed by atoms with Crippen molar-refractivity contribution in [2.75, 3.05) is 49.4 Å². The SMILES string of the molecule is COC(=O)[C@H](CC(C)C)NC(=O)c1ccc(NC[C@@H](N)CS)cc1-c1cccc2ccccc12.COC(=O)[C@H](CC(C)C)NC(=O)c1ccc(NC[C@@H](N)CS)cc1-c1cccc2ccccc12. The van der Waals surface area contributed by atoms with Gasteiger partial charge in [0.1, 0.15) is 12.1 Å². The van der Waals surface area contributed by atoms with Gasteiger partial charge in [-0.15, -0.1) is 0 Å². The Labute approximate surface area is 411 Å². The maximum Gasteiger partial charge on any atom is 0.328 e. The topological polar surface area (TPSA) is 187 Å². The van der Waals surface area contributed by atoms with E-state index in [0.717, 1.165) is 55.2 Å². The van der Waals surface area contributed by atoms with Crippen LogP contribution in [0.3, 0.4) is 0 Å². The number of benzene rings is 6. The van der Waals surface area contributed by atoms with Gasteiger partial charge in [0.15, 0.2) is 0 Å². The number of thiol groups is 2. The molecule has 6 rings (SSSR count). The number of nitrogens with one attached hydrogen (secondary N) is 4. The van der Waals surface area contributed by atoms with Crippen molar-refractivity contribution in [3.8, 4) is 22.3 Å². The Bertz CT molecular complexity index is 2470. The molecule has 0 fully saturated rings. The van der Waals surface area contributed by atoms with E-state index in [1.807, 2.05) is 137 Å². The third kappa shape index (κ3) is 14.5. The van der Waals surface area contributed by atoms with E-state index in [0.29, 0.717) is 48.6 Å². The van der Waals surface area contributed by atoms with Crippen LogP contribution < -0.4 is 32.7 Å². The number of anilines is 2. The van der Waals surface area contributed by atoms with Crippen LogP contribution in [0, 0.1) is 11.8 Å². The number of hydrogen-bond acceptors (Lipinski definition) is 12. The zero-order chi connectivity index (χ0) is 49.3. The van der Waals surface area contributed by atoms with E-state index in [4.69, 9.17) is 20.9 Å². The van der Waals surface area contributed by atoms with Gasteiger partial charge in [-0.05, 0) is 105 Å². The summed E-state index contributed by atoms with van der Waals surface area (Å²) in [6.45, 7) is 9.12. The van der Waals surface area contributed by atoms with Crippen LogP contribution >= 0.6 is 25.3 Å². The lowest BCUT2D eigenvalue weighted by Gasteiger charge is -2.20. The van der Waals surface area contributed by atoms with E-state index < -0.39 is 24.0 Å². The second kappa shape index (κ2) is 25.9. The van der Waals surface area contributed by atoms with Crippen LogP contribution in [-0.2, 0) is 19.1 Å². The van der Waals surface area contributed by atoms with E-state index in [1.54, 1.807) is 12.1 Å². The number of hydrogen-bond donors (Lipinski definition) is 8. The number of amides is 2. The molecule has 12 nitrogen and oxygen atoms in total. The molecule has 0 saturated heterocycles. The molecule has 2 amide bonds. The molecule has 0 aliphatic rings. The van der Waals surface area contributed by atoms with E-state index >= 15 is 0 Å². The Hall–Kier alpha value is -6.06. The first-order chi connectivity index (χ1) is 32.7. The molecule has 0 spiro atoms. The lowest BCUT2D eigenvalue weighted by Crippen LogP contribution is -2.42. The molecule has 14 heteroatoms. The molecule has 0 aliphatic carbocycles. The Kier molecular flexibility index (Phi) is 20.2. The molecule has 0 unspecified atom stereocenters. The molecule has 0 aromatic heterocycles. The van der Waals surface area contributed by atoms with Crippen LogP contribution in [0.15, 0.2) is 121 Å². The smallest absolute Gasteiger partial charge is 0.328 e. The number of carbonyl (C=O) groups excluding carboxylic acids is 4. The molecular formula is C54H66N6O6S2. The average Bonchev–Trinajstić information content (AvgIpc) is 3.35. The molecule has 0 bridgehead atoms. The van der Waals surface area contributed by atoms with Crippen LogP contribution in [0.25, 0.3) is 43.8 Å². The summed E-state index contributed by atoms with van der Waals surface area (Å²) in [6, 6.07) is 37.7. The summed E-state index contributed by atoms with van der Waals surface area (Å²) in [5, 5.41) is 16.7. The van der Waals surface area contributed by atoms with Gasteiger partial charge in [0.25, 0.3) is 11.8 Å². The third-order valence-corrected chi connectivity index (χ3v) is 12.2. The minimum atomic E-state index is -0.718. The molecule has 0 heterocycles. The van der Waals surface area contributed by atoms with Crippen LogP contribution in [0.1, 0.15) is 61.3 Å². The first kappa shape index (κ1) is 52.9. The monoisotopic (exact) mass is 958 g/mol. The van der Waals surface area contributed by atoms with E-state index in [1.165, 1.54) is 14.2 Å². The number of fused-ring (bicyclic) bond motifs is 2. The second-order valence-electron chi connectivity index (χ2n) is 17.6. The normalized spacial score (nSPS) is 12.9. The highest BCUT2D eigenvalue weighted by atomic mass is 32.1. The van der Waals surface area contributed by atoms with Crippen LogP contribution in [-0.4, -0.2) is 86.7 Å². The predicted molar refractivity (Wildman–Crippen MR) is 285 cm³/mol. The highest BCUT2D eigenvalue weighted by Gasteiger charge is 2.27. The van der Waals surface area contributed by atoms with Gasteiger partial charge in [-0.3, -0.25) is 9.59 Å². The molecule has 0 saturated carbocycles. The number of esters is 2. The first-order valence-electron chi connectivity index (χ1n) is 22.9. The molecule has 360 valence electrons. The first-order valence-corrected chi connectivity index (χ1v) is 24.2. The van der Waals surface area contributed by atoms with Crippen LogP contribution in [0.4, 0.5) is 11.4 Å². The van der Waals surface area contributed by atoms with Crippen molar-refractivity contribution in [1.29, 1.82) is 0 Å². The van der Waals surface area contributed by atoms with Crippen molar-refractivity contribution < 1.29 is 28.7 Å². The zero-order valence-electron chi connectivity index (χ0n) is 39.8. The molecule has 6 aromatic carbocycles. The molecule has 8 N–H and O–H groups in total. The van der Waals surface area contributed by atoms with Crippen molar-refractivity contribution >= 4 is 81.9 Å². The fourth-order valence-corrected chi connectivity index (χ4v) is 8.08. The number of carbonyl (C=O) groups is 4. The van der Waals surface area contributed by atoms with Gasteiger partial charge < -0.3 is 42.2 Å². The van der Waals surface area contributed by atoms with E-state index in [2.05, 4.69) is 46.5 Å². The van der Waals surface area contributed by atoms with Crippen molar-refractivity contribution in [2.45, 2.75) is 64.7 Å². The molecule has 6 aromatic rings. The Balaban J connectivity index is 0.000000254. The lowest BCUT2D eigenvalue weighted by molar-refractivity contribution is -0.144. The van der Waals surface area contributed by atoms with Crippen molar-refractivity contribution in [2.24, 2.45) is 23.3 Å². The molecule has 0 aliphatic heterocycles. The Morgan fingerprint density at radius 1 is 0.515 bits per heavy atom. The zero-order valence-corrected chi connectivity index (χ0v) is 41.5. The molecule has 0 radical (unpaired) electrons. The Morgan fingerprint density at radius 3 is 1.24 bits per heavy atom. The molecular weight excluding hydrogens is 893 g/mol. The Morgan fingerprint density at radius 2 is 0.882 bits per heavy atom. The number of nitrogens with two attached hydrogens (primary N) is 2. The molecule has 4 atom stereocenters. The van der Waals surface area contributed by atoms with Crippen molar-refractivity contribution in [1.82, 2.24) is 10.6 Å². The van der Waals surface area contributed by atoms with Gasteiger partial charge in [-0.1, -0.05) is 113 Å². The van der Waals surface area contributed by atoms with Gasteiger partial charge in [0.05, 0.1) is 14.2 Å². The maximum absolute atomic E-state index is 13.4. The van der Waals surface area contributed by atoms with E-state index in [-0.39, 0.29) is 35.7 Å². The van der Waals surface area contributed by atoms with Crippen LogP contribution in [0.5, 0.6) is 0 Å². The van der Waals surface area contributed by atoms with Gasteiger partial charge in [0, 0.05) is 59.2 Å². The van der Waals surface area contributed by atoms with Gasteiger partial charge >= 0.3 is 11.9 Å². The summed E-state index contributed by atoms with van der Waals surface area (Å²) in [7, 11) is 2.67. The second-order valence-corrected chi connectivity index (χ2v) is 18.3. The fourth-order valence-electron chi connectivity index (χ4n) is 7.83. The standard InChI is InChI=1S/2C27H33N3O3S/c2*1-17(2)13-25(27(32)33-3)30-26(31)23-12-11-20(29-15-19(28)16-34)14-24(23)22-10-6-8-18-7-4-5-9-21(18)22/h2*4-12,14,17,19,25,29,34H,13,15-16,28H2,1-3H3,(H,30,31)/t2*19-,25+/m11/s1. The van der Waals surface area contributed by atoms with Gasteiger partial charge in [0.2, 0.25) is 0 Å². The van der Waals surface area contributed by atoms with Crippen molar-refractivity contribution in [3.05, 3.63) is 132 Å².